The van der Waals surface area contributed by atoms with E-state index in [0.29, 0.717) is 18.0 Å². The van der Waals surface area contributed by atoms with Gasteiger partial charge in [-0.2, -0.15) is 4.90 Å². The molecule has 1 aromatic carbocycles. The van der Waals surface area contributed by atoms with Crippen molar-refractivity contribution >= 4 is 29.6 Å². The largest absolute Gasteiger partial charge is 0.491 e. The van der Waals surface area contributed by atoms with Crippen LogP contribution in [0.3, 0.4) is 0 Å². The van der Waals surface area contributed by atoms with Crippen LogP contribution in [0.15, 0.2) is 24.3 Å². The molecule has 2 saturated heterocycles. The molecule has 2 heterocycles. The molecule has 10 nitrogen and oxygen atoms in total. The summed E-state index contributed by atoms with van der Waals surface area (Å²) in [6.07, 6.45) is -1.63. The molecule has 1 unspecified atom stereocenters. The Labute approximate surface area is 154 Å². The molecule has 10 heteroatoms. The first kappa shape index (κ1) is 18.6. The first-order valence-electron chi connectivity index (χ1n) is 8.45. The Hall–Kier alpha value is -3.14. The van der Waals surface area contributed by atoms with Crippen LogP contribution in [0.1, 0.15) is 12.8 Å². The van der Waals surface area contributed by atoms with Gasteiger partial charge in [-0.3, -0.25) is 14.5 Å². The Morgan fingerprint density at radius 1 is 1.15 bits per heavy atom. The molecule has 2 aliphatic rings. The van der Waals surface area contributed by atoms with Gasteiger partial charge >= 0.3 is 12.1 Å². The van der Waals surface area contributed by atoms with E-state index in [2.05, 4.69) is 0 Å². The molecule has 144 valence electrons. The Morgan fingerprint density at radius 2 is 1.85 bits per heavy atom. The van der Waals surface area contributed by atoms with Crippen molar-refractivity contribution in [3.63, 3.8) is 0 Å². The third-order valence-electron chi connectivity index (χ3n) is 4.50. The number of nitrogens with zero attached hydrogens (tertiary/aromatic N) is 3. The maximum Gasteiger partial charge on any atom is 0.421 e. The van der Waals surface area contributed by atoms with Gasteiger partial charge in [0.25, 0.3) is 5.91 Å². The van der Waals surface area contributed by atoms with Gasteiger partial charge in [0.15, 0.2) is 0 Å². The van der Waals surface area contributed by atoms with Crippen molar-refractivity contribution in [3.05, 3.63) is 24.3 Å². The number of aliphatic hydroxyl groups excluding tert-OH is 1. The SMILES string of the molecule is O=C(O)N1C(=O)CCC(N2CCN(c3ccc(OCCO)cc3)C2=O)C1=O. The summed E-state index contributed by atoms with van der Waals surface area (Å²) in [6, 6.07) is 5.31. The molecule has 3 rings (SSSR count). The molecule has 1 aromatic rings. The van der Waals surface area contributed by atoms with Gasteiger partial charge in [0.05, 0.1) is 6.61 Å². The maximum atomic E-state index is 12.8. The molecule has 0 radical (unpaired) electrons. The summed E-state index contributed by atoms with van der Waals surface area (Å²) >= 11 is 0. The van der Waals surface area contributed by atoms with Crippen LogP contribution < -0.4 is 9.64 Å². The second-order valence-electron chi connectivity index (χ2n) is 6.10. The van der Waals surface area contributed by atoms with Crippen LogP contribution in [0.2, 0.25) is 0 Å². The molecular weight excluding hydrogens is 358 g/mol. The van der Waals surface area contributed by atoms with E-state index in [9.17, 15) is 19.2 Å². The Morgan fingerprint density at radius 3 is 2.48 bits per heavy atom. The van der Waals surface area contributed by atoms with E-state index in [0.717, 1.165) is 0 Å². The van der Waals surface area contributed by atoms with Crippen LogP contribution in [-0.4, -0.2) is 76.3 Å². The Bertz CT molecular complexity index is 764. The van der Waals surface area contributed by atoms with Crippen LogP contribution >= 0.6 is 0 Å². The number of imide groups is 3. The average molecular weight is 377 g/mol. The molecule has 27 heavy (non-hydrogen) atoms. The summed E-state index contributed by atoms with van der Waals surface area (Å²) in [5, 5.41) is 17.8. The van der Waals surface area contributed by atoms with Crippen LogP contribution in [0.5, 0.6) is 5.75 Å². The van der Waals surface area contributed by atoms with E-state index in [-0.39, 0.29) is 37.5 Å². The van der Waals surface area contributed by atoms with Gasteiger partial charge in [-0.1, -0.05) is 0 Å². The molecular formula is C17H19N3O7. The number of anilines is 1. The first-order chi connectivity index (χ1) is 12.9. The van der Waals surface area contributed by atoms with Crippen molar-refractivity contribution in [3.8, 4) is 5.75 Å². The highest BCUT2D eigenvalue weighted by molar-refractivity contribution is 6.12. The topological polar surface area (TPSA) is 128 Å². The number of carboxylic acid groups (broad SMARTS) is 1. The predicted molar refractivity (Wildman–Crippen MR) is 91.4 cm³/mol. The maximum absolute atomic E-state index is 12.8. The van der Waals surface area contributed by atoms with Gasteiger partial charge in [-0.25, -0.2) is 9.59 Å². The molecule has 2 fully saturated rings. The summed E-state index contributed by atoms with van der Waals surface area (Å²) in [5.41, 5.74) is 0.605. The van der Waals surface area contributed by atoms with Crippen molar-refractivity contribution in [1.29, 1.82) is 0 Å². The van der Waals surface area contributed by atoms with Gasteiger partial charge in [0.1, 0.15) is 18.4 Å². The smallest absolute Gasteiger partial charge is 0.421 e. The third-order valence-corrected chi connectivity index (χ3v) is 4.50. The van der Waals surface area contributed by atoms with Gasteiger partial charge in [0, 0.05) is 25.2 Å². The van der Waals surface area contributed by atoms with Crippen molar-refractivity contribution in [2.24, 2.45) is 0 Å². The normalized spacial score (nSPS) is 20.4. The van der Waals surface area contributed by atoms with Crippen molar-refractivity contribution < 1.29 is 34.1 Å². The highest BCUT2D eigenvalue weighted by atomic mass is 16.5. The molecule has 0 bridgehead atoms. The monoisotopic (exact) mass is 377 g/mol. The van der Waals surface area contributed by atoms with Gasteiger partial charge < -0.3 is 19.8 Å². The van der Waals surface area contributed by atoms with Crippen LogP contribution in [-0.2, 0) is 9.59 Å². The van der Waals surface area contributed by atoms with Gasteiger partial charge in [0.2, 0.25) is 5.91 Å². The minimum atomic E-state index is -1.63. The van der Waals surface area contributed by atoms with Gasteiger partial charge in [-0.15, -0.1) is 0 Å². The zero-order chi connectivity index (χ0) is 19.6. The van der Waals surface area contributed by atoms with E-state index >= 15 is 0 Å². The number of carbonyl (C=O) groups excluding carboxylic acids is 3. The zero-order valence-corrected chi connectivity index (χ0v) is 14.4. The minimum Gasteiger partial charge on any atom is -0.491 e. The number of benzene rings is 1. The zero-order valence-electron chi connectivity index (χ0n) is 14.4. The Kier molecular flexibility index (Phi) is 5.26. The van der Waals surface area contributed by atoms with Crippen LogP contribution in [0.4, 0.5) is 15.3 Å². The van der Waals surface area contributed by atoms with Crippen molar-refractivity contribution in [2.45, 2.75) is 18.9 Å². The van der Waals surface area contributed by atoms with E-state index in [1.807, 2.05) is 0 Å². The number of hydrogen-bond donors (Lipinski definition) is 2. The van der Waals surface area contributed by atoms with Crippen molar-refractivity contribution in [2.75, 3.05) is 31.2 Å². The fourth-order valence-electron chi connectivity index (χ4n) is 3.23. The van der Waals surface area contributed by atoms with Gasteiger partial charge in [-0.05, 0) is 30.7 Å². The number of hydrogen-bond acceptors (Lipinski definition) is 6. The molecule has 0 saturated carbocycles. The predicted octanol–water partition coefficient (Wildman–Crippen LogP) is 0.495. The number of aliphatic hydroxyl groups is 1. The first-order valence-corrected chi connectivity index (χ1v) is 8.45. The minimum absolute atomic E-state index is 0.105. The lowest BCUT2D eigenvalue weighted by Gasteiger charge is -2.32. The molecule has 1 atom stereocenters. The number of ether oxygens (including phenoxy) is 1. The van der Waals surface area contributed by atoms with Crippen LogP contribution in [0.25, 0.3) is 0 Å². The lowest BCUT2D eigenvalue weighted by atomic mass is 10.0. The number of amides is 5. The summed E-state index contributed by atoms with van der Waals surface area (Å²) in [7, 11) is 0. The summed E-state index contributed by atoms with van der Waals surface area (Å²) < 4.78 is 5.27. The number of carbonyl (C=O) groups is 4. The van der Waals surface area contributed by atoms with E-state index in [4.69, 9.17) is 14.9 Å². The fourth-order valence-corrected chi connectivity index (χ4v) is 3.23. The molecule has 0 aromatic heterocycles. The standard InChI is InChI=1S/C17H19N3O7/c21-9-10-27-12-3-1-11(2-4-12)18-7-8-19(16(18)24)13-5-6-14(22)20(15(13)23)17(25)26/h1-4,13,21H,5-10H2,(H,25,26). The summed E-state index contributed by atoms with van der Waals surface area (Å²) in [6.45, 7) is 0.644. The number of piperidine rings is 1. The average Bonchev–Trinajstić information content (AvgIpc) is 3.01. The lowest BCUT2D eigenvalue weighted by molar-refractivity contribution is -0.148. The van der Waals surface area contributed by atoms with E-state index in [1.54, 1.807) is 24.3 Å². The molecule has 5 amide bonds. The summed E-state index contributed by atoms with van der Waals surface area (Å²) in [4.78, 5) is 50.9. The number of rotatable bonds is 5. The van der Waals surface area contributed by atoms with Crippen LogP contribution in [0, 0.1) is 0 Å². The fraction of sp³-hybridized carbons (Fsp3) is 0.412. The number of urea groups is 1. The highest BCUT2D eigenvalue weighted by Crippen LogP contribution is 2.27. The molecule has 0 aliphatic carbocycles. The second-order valence-corrected chi connectivity index (χ2v) is 6.10. The third kappa shape index (κ3) is 3.56. The molecule has 0 spiro atoms. The van der Waals surface area contributed by atoms with E-state index in [1.165, 1.54) is 9.80 Å². The second kappa shape index (κ2) is 7.62. The summed E-state index contributed by atoms with van der Waals surface area (Å²) in [5.74, 6) is -1.11. The molecule has 2 aliphatic heterocycles. The van der Waals surface area contributed by atoms with Crippen molar-refractivity contribution in [1.82, 2.24) is 9.80 Å². The molecule has 2 N–H and O–H groups in total. The highest BCUT2D eigenvalue weighted by Gasteiger charge is 2.45. The quantitative estimate of drug-likeness (QED) is 0.715. The lowest BCUT2D eigenvalue weighted by Crippen LogP contribution is -2.56. The Balaban J connectivity index is 1.72. The number of likely N-dealkylation sites (tertiary alicyclic amines) is 1. The van der Waals surface area contributed by atoms with E-state index < -0.39 is 30.0 Å².